The lowest BCUT2D eigenvalue weighted by Crippen LogP contribution is -2.03. The maximum atomic E-state index is 10.2. The summed E-state index contributed by atoms with van der Waals surface area (Å²) in [5.41, 5.74) is 4.72. The minimum Gasteiger partial charge on any atom is -0.506 e. The van der Waals surface area contributed by atoms with Gasteiger partial charge in [-0.1, -0.05) is 22.0 Å². The van der Waals surface area contributed by atoms with Crippen LogP contribution in [-0.2, 0) is 0 Å². The lowest BCUT2D eigenvalue weighted by atomic mass is 10.2. The number of aromatic nitrogens is 4. The van der Waals surface area contributed by atoms with Crippen molar-refractivity contribution >= 4 is 95.9 Å². The van der Waals surface area contributed by atoms with Gasteiger partial charge in [0.1, 0.15) is 5.75 Å². The molecule has 2 heterocycles. The molecule has 12 heteroatoms. The molecule has 0 aliphatic heterocycles. The summed E-state index contributed by atoms with van der Waals surface area (Å²) in [6.07, 6.45) is 1.51. The molecule has 29 heavy (non-hydrogen) atoms. The number of hydrazone groups is 1. The zero-order valence-electron chi connectivity index (χ0n) is 14.3. The summed E-state index contributed by atoms with van der Waals surface area (Å²) in [6, 6.07) is 11.3. The number of rotatable bonds is 5. The Bertz CT molecular complexity index is 1230. The van der Waals surface area contributed by atoms with Crippen molar-refractivity contribution in [1.29, 1.82) is 0 Å². The summed E-state index contributed by atoms with van der Waals surface area (Å²) in [4.78, 5) is 8.74. The number of aromatic hydroxyl groups is 1. The van der Waals surface area contributed by atoms with E-state index in [0.717, 1.165) is 17.3 Å². The Morgan fingerprint density at radius 3 is 2.59 bits per heavy atom. The molecule has 4 rings (SSSR count). The van der Waals surface area contributed by atoms with E-state index < -0.39 is 0 Å². The standard InChI is InChI=1S/C17H10BrI2N7O2/c18-9-2-1-3-11(5-9)22-14-15(24-17-16(23-14)26-29-27-17)25-21-7-8-4-10(19)6-12(20)13(8)28/h1-7,28H,(H,22,23,26)(H,24,25,27). The Kier molecular flexibility index (Phi) is 6.09. The van der Waals surface area contributed by atoms with E-state index in [1.54, 1.807) is 0 Å². The first-order valence-electron chi connectivity index (χ1n) is 7.99. The second-order valence-corrected chi connectivity index (χ2v) is 8.99. The summed E-state index contributed by atoms with van der Waals surface area (Å²) in [6.45, 7) is 0. The number of hydrogen-bond donors (Lipinski definition) is 3. The fraction of sp³-hybridized carbons (Fsp3) is 0. The lowest BCUT2D eigenvalue weighted by molar-refractivity contribution is 0.314. The normalized spacial score (nSPS) is 11.3. The van der Waals surface area contributed by atoms with Crippen LogP contribution in [0.4, 0.5) is 17.3 Å². The molecule has 0 spiro atoms. The van der Waals surface area contributed by atoms with E-state index >= 15 is 0 Å². The second kappa shape index (κ2) is 8.74. The van der Waals surface area contributed by atoms with E-state index in [2.05, 4.69) is 97.2 Å². The molecule has 0 atom stereocenters. The molecule has 146 valence electrons. The average molecular weight is 678 g/mol. The van der Waals surface area contributed by atoms with Crippen LogP contribution in [-0.4, -0.2) is 31.6 Å². The third kappa shape index (κ3) is 4.75. The third-order valence-electron chi connectivity index (χ3n) is 3.63. The van der Waals surface area contributed by atoms with Crippen LogP contribution in [0.1, 0.15) is 5.56 Å². The molecule has 0 fully saturated rings. The van der Waals surface area contributed by atoms with Gasteiger partial charge in [0.25, 0.3) is 0 Å². The Hall–Kier alpha value is -2.07. The van der Waals surface area contributed by atoms with Gasteiger partial charge in [0.15, 0.2) is 11.6 Å². The summed E-state index contributed by atoms with van der Waals surface area (Å²) >= 11 is 7.69. The van der Waals surface area contributed by atoms with Crippen molar-refractivity contribution in [2.45, 2.75) is 0 Å². The number of phenolic OH excluding ortho intramolecular Hbond substituents is 1. The molecule has 0 amide bonds. The van der Waals surface area contributed by atoms with E-state index in [1.807, 2.05) is 36.4 Å². The van der Waals surface area contributed by atoms with E-state index in [-0.39, 0.29) is 17.0 Å². The van der Waals surface area contributed by atoms with Gasteiger partial charge in [-0.3, -0.25) is 5.43 Å². The van der Waals surface area contributed by atoms with Gasteiger partial charge in [0.05, 0.1) is 9.78 Å². The van der Waals surface area contributed by atoms with E-state index in [4.69, 9.17) is 4.63 Å². The first-order valence-corrected chi connectivity index (χ1v) is 10.9. The Labute approximate surface area is 199 Å². The van der Waals surface area contributed by atoms with E-state index in [0.29, 0.717) is 17.2 Å². The summed E-state index contributed by atoms with van der Waals surface area (Å²) in [5.74, 6) is 0.875. The van der Waals surface area contributed by atoms with E-state index in [9.17, 15) is 5.11 Å². The molecule has 0 radical (unpaired) electrons. The van der Waals surface area contributed by atoms with Gasteiger partial charge in [-0.05, 0) is 85.8 Å². The maximum absolute atomic E-state index is 10.2. The fourth-order valence-corrected chi connectivity index (χ4v) is 4.64. The summed E-state index contributed by atoms with van der Waals surface area (Å²) in [5, 5.41) is 25.0. The number of hydrogen-bond acceptors (Lipinski definition) is 9. The molecule has 9 nitrogen and oxygen atoms in total. The van der Waals surface area contributed by atoms with Crippen LogP contribution in [0.2, 0.25) is 0 Å². The van der Waals surface area contributed by atoms with Crippen molar-refractivity contribution in [3.8, 4) is 5.75 Å². The first kappa shape index (κ1) is 20.2. The molecular formula is C17H10BrI2N7O2. The highest BCUT2D eigenvalue weighted by Crippen LogP contribution is 2.27. The van der Waals surface area contributed by atoms with Crippen molar-refractivity contribution in [3.05, 3.63) is 53.6 Å². The lowest BCUT2D eigenvalue weighted by Gasteiger charge is -2.09. The zero-order valence-corrected chi connectivity index (χ0v) is 20.2. The van der Waals surface area contributed by atoms with Crippen LogP contribution < -0.4 is 10.7 Å². The van der Waals surface area contributed by atoms with Crippen LogP contribution in [0.25, 0.3) is 11.3 Å². The van der Waals surface area contributed by atoms with Crippen LogP contribution >= 0.6 is 61.1 Å². The van der Waals surface area contributed by atoms with Gasteiger partial charge in [-0.2, -0.15) is 10.1 Å². The van der Waals surface area contributed by atoms with Crippen molar-refractivity contribution in [1.82, 2.24) is 20.3 Å². The highest BCUT2D eigenvalue weighted by atomic mass is 127. The van der Waals surface area contributed by atoms with Crippen LogP contribution in [0.3, 0.4) is 0 Å². The van der Waals surface area contributed by atoms with Crippen molar-refractivity contribution in [3.63, 3.8) is 0 Å². The number of nitrogens with one attached hydrogen (secondary N) is 2. The topological polar surface area (TPSA) is 121 Å². The molecular weight excluding hydrogens is 668 g/mol. The molecule has 0 aliphatic carbocycles. The molecule has 0 saturated carbocycles. The largest absolute Gasteiger partial charge is 0.506 e. The SMILES string of the molecule is Oc1c(I)cc(I)cc1C=NNc1nc2nonc2nc1Nc1cccc(Br)c1. The summed E-state index contributed by atoms with van der Waals surface area (Å²) < 4.78 is 7.33. The average Bonchev–Trinajstić information content (AvgIpc) is 3.13. The summed E-state index contributed by atoms with van der Waals surface area (Å²) in [7, 11) is 0. The molecule has 2 aromatic heterocycles. The smallest absolute Gasteiger partial charge is 0.245 e. The van der Waals surface area contributed by atoms with Gasteiger partial charge in [-0.25, -0.2) is 9.61 Å². The second-order valence-electron chi connectivity index (χ2n) is 5.66. The molecule has 0 saturated heterocycles. The Balaban J connectivity index is 1.65. The predicted octanol–water partition coefficient (Wildman–Crippen LogP) is 4.88. The number of phenols is 1. The van der Waals surface area contributed by atoms with Crippen LogP contribution in [0.5, 0.6) is 5.75 Å². The Morgan fingerprint density at radius 1 is 1.07 bits per heavy atom. The van der Waals surface area contributed by atoms with Gasteiger partial charge in [0, 0.05) is 19.3 Å². The molecule has 3 N–H and O–H groups in total. The highest BCUT2D eigenvalue weighted by Gasteiger charge is 2.13. The highest BCUT2D eigenvalue weighted by molar-refractivity contribution is 14.1. The van der Waals surface area contributed by atoms with Crippen molar-refractivity contribution < 1.29 is 9.74 Å². The fourth-order valence-electron chi connectivity index (χ4n) is 2.35. The number of halogens is 3. The van der Waals surface area contributed by atoms with Gasteiger partial charge in [0.2, 0.25) is 11.3 Å². The van der Waals surface area contributed by atoms with Gasteiger partial charge < -0.3 is 10.4 Å². The number of benzene rings is 2. The minimum absolute atomic E-state index is 0.159. The maximum Gasteiger partial charge on any atom is 0.245 e. The van der Waals surface area contributed by atoms with E-state index in [1.165, 1.54) is 6.21 Å². The predicted molar refractivity (Wildman–Crippen MR) is 130 cm³/mol. The van der Waals surface area contributed by atoms with Crippen LogP contribution in [0.15, 0.2) is 50.6 Å². The zero-order chi connectivity index (χ0) is 20.4. The number of anilines is 3. The third-order valence-corrected chi connectivity index (χ3v) is 5.57. The minimum atomic E-state index is 0.159. The molecule has 0 unspecified atom stereocenters. The van der Waals surface area contributed by atoms with Crippen molar-refractivity contribution in [2.24, 2.45) is 5.10 Å². The molecule has 2 aromatic carbocycles. The van der Waals surface area contributed by atoms with Gasteiger partial charge >= 0.3 is 0 Å². The number of fused-ring (bicyclic) bond motifs is 1. The number of nitrogens with zero attached hydrogens (tertiary/aromatic N) is 5. The van der Waals surface area contributed by atoms with Gasteiger partial charge in [-0.15, -0.1) is 0 Å². The monoisotopic (exact) mass is 677 g/mol. The molecule has 4 aromatic rings. The molecule has 0 bridgehead atoms. The van der Waals surface area contributed by atoms with Crippen LogP contribution in [0, 0.1) is 7.14 Å². The van der Waals surface area contributed by atoms with Crippen molar-refractivity contribution in [2.75, 3.05) is 10.7 Å². The Morgan fingerprint density at radius 2 is 1.83 bits per heavy atom. The first-order chi connectivity index (χ1) is 14.0. The quantitative estimate of drug-likeness (QED) is 0.155. The molecule has 0 aliphatic rings.